The first-order valence-electron chi connectivity index (χ1n) is 12.1. The van der Waals surface area contributed by atoms with E-state index in [4.69, 9.17) is 0 Å². The Hall–Kier alpha value is -1.16. The predicted molar refractivity (Wildman–Crippen MR) is 122 cm³/mol. The van der Waals surface area contributed by atoms with Crippen molar-refractivity contribution in [2.75, 3.05) is 0 Å². The Morgan fingerprint density at radius 1 is 1.10 bits per heavy atom. The van der Waals surface area contributed by atoms with Crippen molar-refractivity contribution >= 4 is 0 Å². The summed E-state index contributed by atoms with van der Waals surface area (Å²) in [6, 6.07) is 0. The van der Waals surface area contributed by atoms with Crippen molar-refractivity contribution < 1.29 is 15.3 Å². The molecule has 0 aromatic rings. The SMILES string of the molecule is C=C1/C(=C\C=C2/CCC[C@@]3(C)C2CC[C@@H]3[C@H](C)/C=C\[C@@H](O)C2CC2)C[C@@H](O)C[C@@H]1O. The molecule has 4 rings (SSSR count). The van der Waals surface area contributed by atoms with E-state index in [2.05, 4.69) is 44.7 Å². The highest BCUT2D eigenvalue weighted by molar-refractivity contribution is 5.38. The predicted octanol–water partition coefficient (Wildman–Crippen LogP) is 5.09. The first-order valence-corrected chi connectivity index (χ1v) is 12.1. The van der Waals surface area contributed by atoms with Gasteiger partial charge in [-0.3, -0.25) is 0 Å². The Balaban J connectivity index is 1.48. The molecule has 4 fully saturated rings. The first-order chi connectivity index (χ1) is 14.3. The second-order valence-electron chi connectivity index (χ2n) is 10.7. The van der Waals surface area contributed by atoms with Crippen LogP contribution in [0.4, 0.5) is 0 Å². The molecule has 4 saturated carbocycles. The summed E-state index contributed by atoms with van der Waals surface area (Å²) in [7, 11) is 0. The van der Waals surface area contributed by atoms with E-state index in [1.807, 2.05) is 0 Å². The minimum Gasteiger partial charge on any atom is -0.393 e. The van der Waals surface area contributed by atoms with E-state index in [0.717, 1.165) is 17.6 Å². The zero-order valence-corrected chi connectivity index (χ0v) is 18.8. The molecular formula is C27H40O3. The topological polar surface area (TPSA) is 60.7 Å². The largest absolute Gasteiger partial charge is 0.393 e. The molecule has 0 heterocycles. The Bertz CT molecular complexity index is 743. The van der Waals surface area contributed by atoms with Gasteiger partial charge in [0.2, 0.25) is 0 Å². The maximum Gasteiger partial charge on any atom is 0.0811 e. The summed E-state index contributed by atoms with van der Waals surface area (Å²) in [6.07, 6.45) is 16.9. The van der Waals surface area contributed by atoms with Crippen LogP contribution in [0.5, 0.6) is 0 Å². The molecule has 0 aromatic heterocycles. The van der Waals surface area contributed by atoms with Crippen LogP contribution in [0.3, 0.4) is 0 Å². The fraction of sp³-hybridized carbons (Fsp3) is 0.704. The molecule has 0 amide bonds. The van der Waals surface area contributed by atoms with Crippen molar-refractivity contribution in [1.82, 2.24) is 0 Å². The maximum absolute atomic E-state index is 10.2. The third-order valence-corrected chi connectivity index (χ3v) is 8.65. The van der Waals surface area contributed by atoms with Crippen LogP contribution in [-0.4, -0.2) is 33.6 Å². The van der Waals surface area contributed by atoms with Gasteiger partial charge in [0.1, 0.15) is 0 Å². The van der Waals surface area contributed by atoms with Gasteiger partial charge in [0.15, 0.2) is 0 Å². The van der Waals surface area contributed by atoms with Gasteiger partial charge in [0, 0.05) is 6.42 Å². The van der Waals surface area contributed by atoms with Gasteiger partial charge < -0.3 is 15.3 Å². The maximum atomic E-state index is 10.2. The molecule has 0 bridgehead atoms. The molecule has 3 heteroatoms. The van der Waals surface area contributed by atoms with Crippen molar-refractivity contribution in [3.05, 3.63) is 47.6 Å². The Morgan fingerprint density at radius 3 is 2.60 bits per heavy atom. The van der Waals surface area contributed by atoms with Crippen LogP contribution in [0.15, 0.2) is 47.6 Å². The smallest absolute Gasteiger partial charge is 0.0811 e. The number of allylic oxidation sites excluding steroid dienone is 4. The summed E-state index contributed by atoms with van der Waals surface area (Å²) in [5.41, 5.74) is 3.63. The van der Waals surface area contributed by atoms with Gasteiger partial charge in [0.05, 0.1) is 18.3 Å². The van der Waals surface area contributed by atoms with Crippen LogP contribution in [-0.2, 0) is 0 Å². The second kappa shape index (κ2) is 8.76. The van der Waals surface area contributed by atoms with Crippen molar-refractivity contribution in [3.63, 3.8) is 0 Å². The van der Waals surface area contributed by atoms with Crippen molar-refractivity contribution in [3.8, 4) is 0 Å². The lowest BCUT2D eigenvalue weighted by Gasteiger charge is -2.44. The van der Waals surface area contributed by atoms with Crippen molar-refractivity contribution in [1.29, 1.82) is 0 Å². The summed E-state index contributed by atoms with van der Waals surface area (Å²) in [5, 5.41) is 30.4. The number of hydrogen-bond donors (Lipinski definition) is 3. The molecule has 1 unspecified atom stereocenters. The zero-order chi connectivity index (χ0) is 21.5. The van der Waals surface area contributed by atoms with E-state index in [1.54, 1.807) is 0 Å². The van der Waals surface area contributed by atoms with Crippen LogP contribution >= 0.6 is 0 Å². The first kappa shape index (κ1) is 22.0. The monoisotopic (exact) mass is 412 g/mol. The fourth-order valence-electron chi connectivity index (χ4n) is 6.63. The van der Waals surface area contributed by atoms with Gasteiger partial charge in [-0.15, -0.1) is 0 Å². The van der Waals surface area contributed by atoms with Crippen molar-refractivity contribution in [2.24, 2.45) is 29.1 Å². The molecule has 0 saturated heterocycles. The lowest BCUT2D eigenvalue weighted by molar-refractivity contribution is 0.0862. The van der Waals surface area contributed by atoms with Gasteiger partial charge in [0.25, 0.3) is 0 Å². The van der Waals surface area contributed by atoms with E-state index < -0.39 is 12.2 Å². The molecule has 166 valence electrons. The molecule has 4 aliphatic rings. The third kappa shape index (κ3) is 4.40. The van der Waals surface area contributed by atoms with Crippen LogP contribution in [0.25, 0.3) is 0 Å². The van der Waals surface area contributed by atoms with Gasteiger partial charge in [-0.05, 0) is 91.6 Å². The lowest BCUT2D eigenvalue weighted by atomic mass is 9.61. The van der Waals surface area contributed by atoms with E-state index >= 15 is 0 Å². The third-order valence-electron chi connectivity index (χ3n) is 8.65. The number of rotatable bonds is 5. The second-order valence-corrected chi connectivity index (χ2v) is 10.7. The molecule has 3 N–H and O–H groups in total. The van der Waals surface area contributed by atoms with E-state index in [9.17, 15) is 15.3 Å². The van der Waals surface area contributed by atoms with Gasteiger partial charge in [-0.25, -0.2) is 0 Å². The highest BCUT2D eigenvalue weighted by Crippen LogP contribution is 2.59. The molecule has 0 aliphatic heterocycles. The normalized spacial score (nSPS) is 42.1. The number of fused-ring (bicyclic) bond motifs is 1. The van der Waals surface area contributed by atoms with Crippen LogP contribution in [0, 0.1) is 29.1 Å². The molecular weight excluding hydrogens is 372 g/mol. The highest BCUT2D eigenvalue weighted by atomic mass is 16.3. The molecule has 0 radical (unpaired) electrons. The van der Waals surface area contributed by atoms with E-state index in [-0.39, 0.29) is 6.10 Å². The molecule has 0 aromatic carbocycles. The van der Waals surface area contributed by atoms with Gasteiger partial charge >= 0.3 is 0 Å². The van der Waals surface area contributed by atoms with Crippen molar-refractivity contribution in [2.45, 2.75) is 89.9 Å². The van der Waals surface area contributed by atoms with E-state index in [1.165, 1.54) is 44.1 Å². The summed E-state index contributed by atoms with van der Waals surface area (Å²) in [5.74, 6) is 2.28. The average Bonchev–Trinajstić information content (AvgIpc) is 3.49. The molecule has 30 heavy (non-hydrogen) atoms. The zero-order valence-electron chi connectivity index (χ0n) is 18.8. The summed E-state index contributed by atoms with van der Waals surface area (Å²) in [6.45, 7) is 8.88. The molecule has 4 aliphatic carbocycles. The molecule has 3 nitrogen and oxygen atoms in total. The Labute approximate surface area is 182 Å². The fourth-order valence-corrected chi connectivity index (χ4v) is 6.63. The molecule has 7 atom stereocenters. The average molecular weight is 413 g/mol. The summed E-state index contributed by atoms with van der Waals surface area (Å²) < 4.78 is 0. The van der Waals surface area contributed by atoms with Gasteiger partial charge in [-0.1, -0.05) is 50.3 Å². The molecule has 0 spiro atoms. The van der Waals surface area contributed by atoms with E-state index in [0.29, 0.717) is 41.9 Å². The lowest BCUT2D eigenvalue weighted by Crippen LogP contribution is -2.35. The standard InChI is InChI=1S/C27H40O3/c1-17(6-13-25(29)20-8-9-20)23-11-12-24-19(5-4-14-27(23,24)3)7-10-21-15-22(28)16-26(30)18(21)2/h6-7,10,13,17,20,22-26,28-30H,2,4-5,8-9,11-12,14-16H2,1,3H3/b13-6-,19-7+,21-10-/t17-,22-,23-,24?,25-,26+,27-/m1/s1. The minimum absolute atomic E-state index is 0.250. The summed E-state index contributed by atoms with van der Waals surface area (Å²) in [4.78, 5) is 0. The number of aliphatic hydroxyl groups excluding tert-OH is 3. The van der Waals surface area contributed by atoms with Crippen LogP contribution in [0.2, 0.25) is 0 Å². The highest BCUT2D eigenvalue weighted by Gasteiger charge is 2.50. The Morgan fingerprint density at radius 2 is 1.87 bits per heavy atom. The minimum atomic E-state index is -0.621. The number of aliphatic hydroxyl groups is 3. The van der Waals surface area contributed by atoms with Crippen LogP contribution < -0.4 is 0 Å². The summed E-state index contributed by atoms with van der Waals surface area (Å²) >= 11 is 0. The quantitative estimate of drug-likeness (QED) is 0.551. The Kier molecular flexibility index (Phi) is 6.44. The van der Waals surface area contributed by atoms with Gasteiger partial charge in [-0.2, -0.15) is 0 Å². The number of hydrogen-bond acceptors (Lipinski definition) is 3. The van der Waals surface area contributed by atoms with Crippen LogP contribution in [0.1, 0.15) is 71.6 Å².